The molecule has 2 aromatic rings. The Bertz CT molecular complexity index is 494. The highest BCUT2D eigenvalue weighted by molar-refractivity contribution is 5.63. The van der Waals surface area contributed by atoms with Crippen molar-refractivity contribution in [1.29, 1.82) is 5.26 Å². The van der Waals surface area contributed by atoms with Crippen molar-refractivity contribution in [2.24, 2.45) is 0 Å². The van der Waals surface area contributed by atoms with Crippen LogP contribution in [-0.4, -0.2) is 0 Å². The first-order valence-corrected chi connectivity index (χ1v) is 5.41. The van der Waals surface area contributed by atoms with Crippen molar-refractivity contribution >= 4 is 0 Å². The Kier molecular flexibility index (Phi) is 3.35. The van der Waals surface area contributed by atoms with Gasteiger partial charge in [0.1, 0.15) is 0 Å². The van der Waals surface area contributed by atoms with E-state index in [2.05, 4.69) is 42.5 Å². The first kappa shape index (κ1) is 10.4. The van der Waals surface area contributed by atoms with Gasteiger partial charge in [-0.1, -0.05) is 54.6 Å². The molecule has 2 aromatic carbocycles. The highest BCUT2D eigenvalue weighted by atomic mass is 14.2. The van der Waals surface area contributed by atoms with E-state index in [-0.39, 0.29) is 0 Å². The zero-order valence-electron chi connectivity index (χ0n) is 9.06. The first-order valence-electron chi connectivity index (χ1n) is 5.41. The van der Waals surface area contributed by atoms with Crippen molar-refractivity contribution in [2.45, 2.75) is 12.8 Å². The molecule has 0 fully saturated rings. The van der Waals surface area contributed by atoms with E-state index < -0.39 is 0 Å². The van der Waals surface area contributed by atoms with Gasteiger partial charge >= 0.3 is 0 Å². The molecule has 0 aliphatic heterocycles. The van der Waals surface area contributed by atoms with Crippen molar-refractivity contribution in [3.63, 3.8) is 0 Å². The average molecular weight is 207 g/mol. The molecule has 0 atom stereocenters. The Hall–Kier alpha value is -2.07. The molecule has 0 saturated carbocycles. The van der Waals surface area contributed by atoms with Crippen LogP contribution in [0.5, 0.6) is 0 Å². The van der Waals surface area contributed by atoms with Crippen LogP contribution in [-0.2, 0) is 6.42 Å². The molecular weight excluding hydrogens is 194 g/mol. The molecule has 0 radical (unpaired) electrons. The van der Waals surface area contributed by atoms with Gasteiger partial charge in [-0.05, 0) is 23.1 Å². The minimum Gasteiger partial charge on any atom is -0.198 e. The Morgan fingerprint density at radius 2 is 1.62 bits per heavy atom. The van der Waals surface area contributed by atoms with Gasteiger partial charge in [0.25, 0.3) is 0 Å². The third-order valence-electron chi connectivity index (χ3n) is 2.56. The molecule has 78 valence electrons. The zero-order valence-corrected chi connectivity index (χ0v) is 9.06. The zero-order chi connectivity index (χ0) is 11.2. The van der Waals surface area contributed by atoms with Crippen LogP contribution in [0, 0.1) is 11.3 Å². The lowest BCUT2D eigenvalue weighted by molar-refractivity contribution is 1.01. The number of hydrogen-bond donors (Lipinski definition) is 0. The predicted molar refractivity (Wildman–Crippen MR) is 65.8 cm³/mol. The molecule has 2 rings (SSSR count). The van der Waals surface area contributed by atoms with E-state index in [1.54, 1.807) is 0 Å². The summed E-state index contributed by atoms with van der Waals surface area (Å²) in [5.41, 5.74) is 3.67. The Balaban J connectivity index is 2.26. The minimum atomic E-state index is 0.582. The van der Waals surface area contributed by atoms with Crippen molar-refractivity contribution in [2.75, 3.05) is 0 Å². The lowest BCUT2D eigenvalue weighted by Crippen LogP contribution is -1.85. The molecule has 0 spiro atoms. The quantitative estimate of drug-likeness (QED) is 0.750. The third kappa shape index (κ3) is 2.49. The molecule has 0 heterocycles. The van der Waals surface area contributed by atoms with E-state index in [1.165, 1.54) is 16.7 Å². The van der Waals surface area contributed by atoms with Gasteiger partial charge in [0, 0.05) is 6.42 Å². The maximum absolute atomic E-state index is 8.56. The van der Waals surface area contributed by atoms with E-state index in [9.17, 15) is 0 Å². The van der Waals surface area contributed by atoms with Gasteiger partial charge < -0.3 is 0 Å². The van der Waals surface area contributed by atoms with E-state index >= 15 is 0 Å². The van der Waals surface area contributed by atoms with Crippen LogP contribution in [0.4, 0.5) is 0 Å². The van der Waals surface area contributed by atoms with E-state index in [0.717, 1.165) is 6.42 Å². The van der Waals surface area contributed by atoms with E-state index in [1.807, 2.05) is 18.2 Å². The molecule has 0 aliphatic carbocycles. The lowest BCUT2D eigenvalue weighted by Gasteiger charge is -2.03. The van der Waals surface area contributed by atoms with Gasteiger partial charge in [0.15, 0.2) is 0 Å². The van der Waals surface area contributed by atoms with Crippen LogP contribution in [0.15, 0.2) is 54.6 Å². The molecule has 0 aromatic heterocycles. The summed E-state index contributed by atoms with van der Waals surface area (Å²) >= 11 is 0. The number of nitriles is 1. The van der Waals surface area contributed by atoms with Crippen LogP contribution in [0.3, 0.4) is 0 Å². The Morgan fingerprint density at radius 1 is 0.875 bits per heavy atom. The van der Waals surface area contributed by atoms with Gasteiger partial charge in [-0.2, -0.15) is 5.26 Å². The summed E-state index contributed by atoms with van der Waals surface area (Å²) in [5.74, 6) is 0. The molecule has 0 unspecified atom stereocenters. The van der Waals surface area contributed by atoms with Crippen LogP contribution in [0.1, 0.15) is 12.0 Å². The summed E-state index contributed by atoms with van der Waals surface area (Å²) in [6.07, 6.45) is 1.41. The van der Waals surface area contributed by atoms with E-state index in [0.29, 0.717) is 6.42 Å². The number of nitrogens with zero attached hydrogens (tertiary/aromatic N) is 1. The molecule has 0 aliphatic rings. The van der Waals surface area contributed by atoms with Crippen LogP contribution >= 0.6 is 0 Å². The minimum absolute atomic E-state index is 0.582. The average Bonchev–Trinajstić information content (AvgIpc) is 2.38. The number of rotatable bonds is 3. The molecule has 0 bridgehead atoms. The highest BCUT2D eigenvalue weighted by Gasteiger charge is 1.98. The van der Waals surface area contributed by atoms with Gasteiger partial charge in [0.2, 0.25) is 0 Å². The number of hydrogen-bond acceptors (Lipinski definition) is 1. The standard InChI is InChI=1S/C15H13N/c16-11-5-7-13-6-4-10-15(12-13)14-8-2-1-3-9-14/h1-4,6,8-10,12H,5,7H2. The van der Waals surface area contributed by atoms with Gasteiger partial charge in [-0.3, -0.25) is 0 Å². The first-order chi connectivity index (χ1) is 7.90. The maximum atomic E-state index is 8.56. The number of benzene rings is 2. The number of aryl methyl sites for hydroxylation is 1. The SMILES string of the molecule is N#CCCc1cccc(-c2ccccc2)c1. The Morgan fingerprint density at radius 3 is 2.38 bits per heavy atom. The van der Waals surface area contributed by atoms with Gasteiger partial charge in [-0.25, -0.2) is 0 Å². The summed E-state index contributed by atoms with van der Waals surface area (Å²) in [6.45, 7) is 0. The second-order valence-electron chi connectivity index (χ2n) is 3.72. The van der Waals surface area contributed by atoms with Crippen LogP contribution < -0.4 is 0 Å². The van der Waals surface area contributed by atoms with E-state index in [4.69, 9.17) is 5.26 Å². The normalized spacial score (nSPS) is 9.69. The molecule has 0 N–H and O–H groups in total. The second-order valence-corrected chi connectivity index (χ2v) is 3.72. The summed E-state index contributed by atoms with van der Waals surface area (Å²) in [5, 5.41) is 8.56. The van der Waals surface area contributed by atoms with Crippen molar-refractivity contribution in [3.05, 3.63) is 60.2 Å². The topological polar surface area (TPSA) is 23.8 Å². The largest absolute Gasteiger partial charge is 0.198 e. The van der Waals surface area contributed by atoms with Gasteiger partial charge in [-0.15, -0.1) is 0 Å². The van der Waals surface area contributed by atoms with Crippen molar-refractivity contribution in [3.8, 4) is 17.2 Å². The molecule has 16 heavy (non-hydrogen) atoms. The van der Waals surface area contributed by atoms with Gasteiger partial charge in [0.05, 0.1) is 6.07 Å². The fourth-order valence-corrected chi connectivity index (χ4v) is 1.74. The Labute approximate surface area is 96.0 Å². The highest BCUT2D eigenvalue weighted by Crippen LogP contribution is 2.20. The third-order valence-corrected chi connectivity index (χ3v) is 2.56. The molecular formula is C15H13N. The molecule has 1 nitrogen and oxygen atoms in total. The fourth-order valence-electron chi connectivity index (χ4n) is 1.74. The van der Waals surface area contributed by atoms with Crippen LogP contribution in [0.25, 0.3) is 11.1 Å². The van der Waals surface area contributed by atoms with Crippen LogP contribution in [0.2, 0.25) is 0 Å². The maximum Gasteiger partial charge on any atom is 0.0625 e. The predicted octanol–water partition coefficient (Wildman–Crippen LogP) is 3.81. The second kappa shape index (κ2) is 5.14. The fraction of sp³-hybridized carbons (Fsp3) is 0.133. The molecule has 1 heteroatoms. The summed E-state index contributed by atoms with van der Waals surface area (Å²) in [6, 6.07) is 20.9. The smallest absolute Gasteiger partial charge is 0.0625 e. The van der Waals surface area contributed by atoms with Crippen molar-refractivity contribution in [1.82, 2.24) is 0 Å². The summed E-state index contributed by atoms with van der Waals surface area (Å²) in [7, 11) is 0. The van der Waals surface area contributed by atoms with Crippen molar-refractivity contribution < 1.29 is 0 Å². The molecule has 0 saturated heterocycles. The lowest BCUT2D eigenvalue weighted by atomic mass is 10.0. The summed E-state index contributed by atoms with van der Waals surface area (Å²) < 4.78 is 0. The summed E-state index contributed by atoms with van der Waals surface area (Å²) in [4.78, 5) is 0. The molecule has 0 amide bonds. The monoisotopic (exact) mass is 207 g/mol.